The maximum atomic E-state index is 6.35. The van der Waals surface area contributed by atoms with Crippen molar-refractivity contribution < 1.29 is 4.42 Å². The summed E-state index contributed by atoms with van der Waals surface area (Å²) in [5.41, 5.74) is 6.71. The zero-order valence-electron chi connectivity index (χ0n) is 24.1. The van der Waals surface area contributed by atoms with Crippen LogP contribution in [0.4, 0.5) is 0 Å². The van der Waals surface area contributed by atoms with Crippen molar-refractivity contribution in [2.45, 2.75) is 0 Å². The zero-order valence-corrected chi connectivity index (χ0v) is 24.1. The molecule has 0 atom stereocenters. The lowest BCUT2D eigenvalue weighted by Gasteiger charge is -2.13. The van der Waals surface area contributed by atoms with Crippen LogP contribution in [0.25, 0.3) is 88.8 Å². The highest BCUT2D eigenvalue weighted by Crippen LogP contribution is 2.38. The van der Waals surface area contributed by atoms with Gasteiger partial charge in [0.25, 0.3) is 0 Å². The highest BCUT2D eigenvalue weighted by atomic mass is 16.3. The van der Waals surface area contributed by atoms with Crippen molar-refractivity contribution in [3.63, 3.8) is 0 Å². The summed E-state index contributed by atoms with van der Waals surface area (Å²) in [6.07, 6.45) is 3.61. The molecule has 0 saturated carbocycles. The third kappa shape index (κ3) is 4.25. The molecular weight excluding hydrogens is 552 g/mol. The number of aromatic nitrogens is 4. The molecule has 3 heterocycles. The number of benzene rings is 6. The molecule has 0 saturated heterocycles. The van der Waals surface area contributed by atoms with Crippen LogP contribution in [-0.2, 0) is 0 Å². The van der Waals surface area contributed by atoms with E-state index in [9.17, 15) is 0 Å². The van der Waals surface area contributed by atoms with E-state index in [1.54, 1.807) is 6.20 Å². The fraction of sp³-hybridized carbons (Fsp3) is 0. The van der Waals surface area contributed by atoms with Gasteiger partial charge in [-0.25, -0.2) is 15.0 Å². The second kappa shape index (κ2) is 10.2. The highest BCUT2D eigenvalue weighted by molar-refractivity contribution is 6.17. The van der Waals surface area contributed by atoms with Crippen molar-refractivity contribution in [3.05, 3.63) is 146 Å². The summed E-state index contributed by atoms with van der Waals surface area (Å²) in [6.45, 7) is 0. The van der Waals surface area contributed by atoms with Crippen LogP contribution in [0.5, 0.6) is 0 Å². The summed E-state index contributed by atoms with van der Waals surface area (Å²) in [7, 11) is 0. The van der Waals surface area contributed by atoms with Crippen LogP contribution in [-0.4, -0.2) is 19.9 Å². The quantitative estimate of drug-likeness (QED) is 0.209. The topological polar surface area (TPSA) is 64.7 Å². The first-order valence-corrected chi connectivity index (χ1v) is 14.9. The van der Waals surface area contributed by atoms with E-state index in [1.165, 1.54) is 5.39 Å². The Balaban J connectivity index is 1.30. The molecule has 0 unspecified atom stereocenters. The van der Waals surface area contributed by atoms with Crippen LogP contribution < -0.4 is 0 Å². The van der Waals surface area contributed by atoms with Gasteiger partial charge in [-0.2, -0.15) is 0 Å². The van der Waals surface area contributed by atoms with E-state index >= 15 is 0 Å². The lowest BCUT2D eigenvalue weighted by molar-refractivity contribution is 0.672. The van der Waals surface area contributed by atoms with Crippen molar-refractivity contribution in [2.75, 3.05) is 0 Å². The van der Waals surface area contributed by atoms with E-state index in [4.69, 9.17) is 19.4 Å². The SMILES string of the molecule is c1ccc(-c2nc(-c3cc(-c4ccccc4)c4ccccc4c3)nc(-c3cccc4c3ccc3c5cnccc5oc43)n2)cc1. The van der Waals surface area contributed by atoms with E-state index in [2.05, 4.69) is 89.9 Å². The van der Waals surface area contributed by atoms with E-state index in [0.717, 1.165) is 65.9 Å². The largest absolute Gasteiger partial charge is 0.455 e. The third-order valence-electron chi connectivity index (χ3n) is 8.41. The molecule has 5 nitrogen and oxygen atoms in total. The molecule has 0 N–H and O–H groups in total. The van der Waals surface area contributed by atoms with Crippen molar-refractivity contribution in [3.8, 4) is 45.3 Å². The summed E-state index contributed by atoms with van der Waals surface area (Å²) in [5.74, 6) is 1.85. The molecule has 0 fully saturated rings. The average Bonchev–Trinajstić information content (AvgIpc) is 3.51. The minimum absolute atomic E-state index is 0.607. The Morgan fingerprint density at radius 3 is 1.93 bits per heavy atom. The lowest BCUT2D eigenvalue weighted by Crippen LogP contribution is -2.01. The smallest absolute Gasteiger partial charge is 0.164 e. The van der Waals surface area contributed by atoms with Crippen LogP contribution in [0.1, 0.15) is 0 Å². The van der Waals surface area contributed by atoms with Crippen molar-refractivity contribution in [1.29, 1.82) is 0 Å². The molecular formula is C40H24N4O. The molecule has 0 aliphatic carbocycles. The van der Waals surface area contributed by atoms with Gasteiger partial charge in [0.1, 0.15) is 11.2 Å². The van der Waals surface area contributed by atoms with Gasteiger partial charge in [0, 0.05) is 45.2 Å². The minimum atomic E-state index is 0.607. The summed E-state index contributed by atoms with van der Waals surface area (Å²) in [5, 5.41) is 6.36. The first kappa shape index (κ1) is 25.3. The molecule has 3 aromatic heterocycles. The van der Waals surface area contributed by atoms with E-state index in [-0.39, 0.29) is 0 Å². The third-order valence-corrected chi connectivity index (χ3v) is 8.41. The number of pyridine rings is 1. The van der Waals surface area contributed by atoms with Crippen molar-refractivity contribution >= 4 is 43.5 Å². The number of furan rings is 1. The predicted octanol–water partition coefficient (Wildman–Crippen LogP) is 10.1. The molecule has 0 spiro atoms. The van der Waals surface area contributed by atoms with Gasteiger partial charge >= 0.3 is 0 Å². The van der Waals surface area contributed by atoms with Gasteiger partial charge < -0.3 is 4.42 Å². The number of hydrogen-bond donors (Lipinski definition) is 0. The van der Waals surface area contributed by atoms with Gasteiger partial charge in [-0.15, -0.1) is 0 Å². The Hall–Kier alpha value is -6.20. The Labute approximate surface area is 258 Å². The van der Waals surface area contributed by atoms with Gasteiger partial charge in [0.2, 0.25) is 0 Å². The standard InChI is InChI=1S/C40H24N4O/c1-3-10-25(11-4-1)34-23-28(22-27-14-7-8-15-29(27)34)39-42-38(26-12-5-2-6-13-26)43-40(44-39)33-17-9-16-31-30(33)18-19-32-35-24-41-21-20-36(35)45-37(31)32/h1-24H. The molecule has 5 heteroatoms. The molecule has 0 aliphatic rings. The lowest BCUT2D eigenvalue weighted by atomic mass is 9.95. The number of fused-ring (bicyclic) bond motifs is 6. The van der Waals surface area contributed by atoms with Gasteiger partial charge in [-0.05, 0) is 51.6 Å². The minimum Gasteiger partial charge on any atom is -0.455 e. The van der Waals surface area contributed by atoms with Crippen molar-refractivity contribution in [2.24, 2.45) is 0 Å². The normalized spacial score (nSPS) is 11.6. The fourth-order valence-corrected chi connectivity index (χ4v) is 6.27. The second-order valence-electron chi connectivity index (χ2n) is 11.1. The number of rotatable bonds is 4. The molecule has 45 heavy (non-hydrogen) atoms. The Morgan fingerprint density at radius 2 is 1.09 bits per heavy atom. The number of nitrogens with zero attached hydrogens (tertiary/aromatic N) is 4. The van der Waals surface area contributed by atoms with Crippen LogP contribution in [0.3, 0.4) is 0 Å². The Morgan fingerprint density at radius 1 is 0.422 bits per heavy atom. The molecule has 0 bridgehead atoms. The Bertz CT molecular complexity index is 2540. The molecule has 9 aromatic rings. The highest BCUT2D eigenvalue weighted by Gasteiger charge is 2.18. The zero-order chi connectivity index (χ0) is 29.7. The van der Waals surface area contributed by atoms with Gasteiger partial charge in [0.15, 0.2) is 17.5 Å². The fourth-order valence-electron chi connectivity index (χ4n) is 6.27. The monoisotopic (exact) mass is 576 g/mol. The summed E-state index contributed by atoms with van der Waals surface area (Å²) < 4.78 is 6.35. The van der Waals surface area contributed by atoms with E-state index < -0.39 is 0 Å². The first-order chi connectivity index (χ1) is 22.3. The molecule has 210 valence electrons. The maximum absolute atomic E-state index is 6.35. The van der Waals surface area contributed by atoms with Crippen molar-refractivity contribution in [1.82, 2.24) is 19.9 Å². The molecule has 0 aliphatic heterocycles. The second-order valence-corrected chi connectivity index (χ2v) is 11.1. The molecule has 6 aromatic carbocycles. The molecule has 9 rings (SSSR count). The van der Waals surface area contributed by atoms with Crippen LogP contribution in [0.15, 0.2) is 150 Å². The van der Waals surface area contributed by atoms with Gasteiger partial charge in [0.05, 0.1) is 0 Å². The van der Waals surface area contributed by atoms with Gasteiger partial charge in [-0.3, -0.25) is 4.98 Å². The summed E-state index contributed by atoms with van der Waals surface area (Å²) >= 11 is 0. The summed E-state index contributed by atoms with van der Waals surface area (Å²) in [4.78, 5) is 19.6. The Kier molecular flexibility index (Phi) is 5.74. The molecule has 0 radical (unpaired) electrons. The first-order valence-electron chi connectivity index (χ1n) is 14.9. The summed E-state index contributed by atoms with van der Waals surface area (Å²) in [6, 6.07) is 45.7. The van der Waals surface area contributed by atoms with Crippen LogP contribution in [0, 0.1) is 0 Å². The molecule has 0 amide bonds. The van der Waals surface area contributed by atoms with E-state index in [0.29, 0.717) is 17.5 Å². The van der Waals surface area contributed by atoms with Crippen LogP contribution in [0.2, 0.25) is 0 Å². The number of hydrogen-bond acceptors (Lipinski definition) is 5. The van der Waals surface area contributed by atoms with Crippen LogP contribution >= 0.6 is 0 Å². The van der Waals surface area contributed by atoms with E-state index in [1.807, 2.05) is 54.7 Å². The average molecular weight is 577 g/mol. The predicted molar refractivity (Wildman–Crippen MR) is 182 cm³/mol. The van der Waals surface area contributed by atoms with Gasteiger partial charge in [-0.1, -0.05) is 109 Å². The maximum Gasteiger partial charge on any atom is 0.164 e.